The van der Waals surface area contributed by atoms with Gasteiger partial charge in [-0.2, -0.15) is 0 Å². The van der Waals surface area contributed by atoms with Crippen molar-refractivity contribution in [2.75, 3.05) is 0 Å². The van der Waals surface area contributed by atoms with Crippen molar-refractivity contribution in [3.05, 3.63) is 42.9 Å². The highest BCUT2D eigenvalue weighted by molar-refractivity contribution is 5.61. The standard InChI is InChI=1S/C10H8N4/c1-2-4-8(5-3-1)9-6-11-10-12-7-13-14(9)10/h1-7H,(H,11,12,13). The Kier molecular flexibility index (Phi) is 1.41. The molecule has 0 amide bonds. The Balaban J connectivity index is 2.28. The van der Waals surface area contributed by atoms with Crippen LogP contribution in [0.25, 0.3) is 17.0 Å². The topological polar surface area (TPSA) is 46.0 Å². The fraction of sp³-hybridized carbons (Fsp3) is 0. The fourth-order valence-corrected chi connectivity index (χ4v) is 1.52. The highest BCUT2D eigenvalue weighted by Crippen LogP contribution is 2.18. The third-order valence-electron chi connectivity index (χ3n) is 2.18. The van der Waals surface area contributed by atoms with Gasteiger partial charge in [0.2, 0.25) is 0 Å². The van der Waals surface area contributed by atoms with Crippen LogP contribution in [0.1, 0.15) is 0 Å². The van der Waals surface area contributed by atoms with Crippen molar-refractivity contribution in [1.29, 1.82) is 0 Å². The number of imidazole rings is 1. The Morgan fingerprint density at radius 2 is 1.93 bits per heavy atom. The highest BCUT2D eigenvalue weighted by atomic mass is 15.3. The second-order valence-corrected chi connectivity index (χ2v) is 3.03. The molecule has 4 heteroatoms. The summed E-state index contributed by atoms with van der Waals surface area (Å²) >= 11 is 0. The molecule has 0 aliphatic rings. The van der Waals surface area contributed by atoms with Crippen molar-refractivity contribution in [3.63, 3.8) is 0 Å². The van der Waals surface area contributed by atoms with E-state index in [9.17, 15) is 0 Å². The lowest BCUT2D eigenvalue weighted by Gasteiger charge is -1.96. The molecule has 3 rings (SSSR count). The van der Waals surface area contributed by atoms with Gasteiger partial charge in [-0.1, -0.05) is 30.3 Å². The molecule has 0 bridgehead atoms. The first kappa shape index (κ1) is 7.32. The summed E-state index contributed by atoms with van der Waals surface area (Å²) in [6.45, 7) is 0. The lowest BCUT2D eigenvalue weighted by atomic mass is 10.2. The number of aromatic amines is 1. The number of fused-ring (bicyclic) bond motifs is 1. The van der Waals surface area contributed by atoms with E-state index in [1.807, 2.05) is 41.0 Å². The van der Waals surface area contributed by atoms with Gasteiger partial charge in [0.25, 0.3) is 5.78 Å². The molecule has 0 atom stereocenters. The third-order valence-corrected chi connectivity index (χ3v) is 2.18. The Bertz CT molecular complexity index is 550. The van der Waals surface area contributed by atoms with Crippen LogP contribution in [0, 0.1) is 0 Å². The summed E-state index contributed by atoms with van der Waals surface area (Å²) < 4.78 is 1.86. The normalized spacial score (nSPS) is 10.9. The predicted octanol–water partition coefficient (Wildman–Crippen LogP) is 1.72. The first-order valence-corrected chi connectivity index (χ1v) is 4.37. The summed E-state index contributed by atoms with van der Waals surface area (Å²) in [7, 11) is 0. The van der Waals surface area contributed by atoms with Gasteiger partial charge in [0.05, 0.1) is 11.9 Å². The van der Waals surface area contributed by atoms with Gasteiger partial charge in [-0.3, -0.25) is 5.10 Å². The zero-order valence-corrected chi connectivity index (χ0v) is 7.38. The molecule has 0 saturated carbocycles. The lowest BCUT2D eigenvalue weighted by Crippen LogP contribution is -1.86. The van der Waals surface area contributed by atoms with Gasteiger partial charge < -0.3 is 0 Å². The van der Waals surface area contributed by atoms with Crippen LogP contribution in [0.3, 0.4) is 0 Å². The minimum Gasteiger partial charge on any atom is -0.280 e. The molecule has 0 unspecified atom stereocenters. The predicted molar refractivity (Wildman–Crippen MR) is 52.8 cm³/mol. The van der Waals surface area contributed by atoms with Crippen molar-refractivity contribution in [1.82, 2.24) is 19.6 Å². The van der Waals surface area contributed by atoms with E-state index >= 15 is 0 Å². The molecule has 4 nitrogen and oxygen atoms in total. The summed E-state index contributed by atoms with van der Waals surface area (Å²) in [4.78, 5) is 8.24. The summed E-state index contributed by atoms with van der Waals surface area (Å²) in [5.41, 5.74) is 2.15. The molecule has 2 heterocycles. The molecule has 0 aliphatic carbocycles. The number of rotatable bonds is 1. The van der Waals surface area contributed by atoms with E-state index in [1.54, 1.807) is 6.33 Å². The zero-order chi connectivity index (χ0) is 9.38. The van der Waals surface area contributed by atoms with Crippen molar-refractivity contribution >= 4 is 5.78 Å². The van der Waals surface area contributed by atoms with Crippen molar-refractivity contribution < 1.29 is 0 Å². The molecule has 2 aromatic heterocycles. The SMILES string of the molecule is c1ccc(-c2cnc3nc[nH]n23)cc1. The maximum atomic E-state index is 4.18. The largest absolute Gasteiger partial charge is 0.280 e. The molecule has 0 aliphatic heterocycles. The molecule has 0 spiro atoms. The second-order valence-electron chi connectivity index (χ2n) is 3.03. The van der Waals surface area contributed by atoms with E-state index in [-0.39, 0.29) is 0 Å². The van der Waals surface area contributed by atoms with Gasteiger partial charge in [0.15, 0.2) is 0 Å². The average Bonchev–Trinajstić information content (AvgIpc) is 2.79. The van der Waals surface area contributed by atoms with Crippen LogP contribution in [0.2, 0.25) is 0 Å². The molecule has 0 saturated heterocycles. The fourth-order valence-electron chi connectivity index (χ4n) is 1.52. The molecule has 68 valence electrons. The number of hydrogen-bond donors (Lipinski definition) is 1. The van der Waals surface area contributed by atoms with E-state index in [4.69, 9.17) is 0 Å². The number of nitrogens with one attached hydrogen (secondary N) is 1. The molecule has 14 heavy (non-hydrogen) atoms. The highest BCUT2D eigenvalue weighted by Gasteiger charge is 2.05. The number of H-pyrrole nitrogens is 1. The average molecular weight is 184 g/mol. The molecular weight excluding hydrogens is 176 g/mol. The Morgan fingerprint density at radius 3 is 2.79 bits per heavy atom. The van der Waals surface area contributed by atoms with E-state index in [0.717, 1.165) is 11.3 Å². The number of benzene rings is 1. The van der Waals surface area contributed by atoms with Gasteiger partial charge in [-0.25, -0.2) is 14.5 Å². The van der Waals surface area contributed by atoms with Gasteiger partial charge in [0, 0.05) is 5.56 Å². The number of hydrogen-bond acceptors (Lipinski definition) is 2. The molecule has 3 aromatic rings. The van der Waals surface area contributed by atoms with Gasteiger partial charge >= 0.3 is 0 Å². The van der Waals surface area contributed by atoms with Crippen molar-refractivity contribution in [2.45, 2.75) is 0 Å². The molecule has 0 radical (unpaired) electrons. The molecule has 1 aromatic carbocycles. The van der Waals surface area contributed by atoms with Gasteiger partial charge in [-0.05, 0) is 0 Å². The third kappa shape index (κ3) is 0.939. The zero-order valence-electron chi connectivity index (χ0n) is 7.38. The van der Waals surface area contributed by atoms with E-state index < -0.39 is 0 Å². The smallest absolute Gasteiger partial charge is 0.250 e. The monoisotopic (exact) mass is 184 g/mol. The van der Waals surface area contributed by atoms with Gasteiger partial charge in [0.1, 0.15) is 6.33 Å². The molecule has 0 fully saturated rings. The maximum Gasteiger partial charge on any atom is 0.250 e. The lowest BCUT2D eigenvalue weighted by molar-refractivity contribution is 0.980. The van der Waals surface area contributed by atoms with Crippen LogP contribution < -0.4 is 0 Å². The van der Waals surface area contributed by atoms with Crippen molar-refractivity contribution in [3.8, 4) is 11.3 Å². The van der Waals surface area contributed by atoms with E-state index in [0.29, 0.717) is 5.78 Å². The minimum absolute atomic E-state index is 0.698. The van der Waals surface area contributed by atoms with Crippen LogP contribution in [0.15, 0.2) is 42.9 Å². The molecular formula is C10H8N4. The van der Waals surface area contributed by atoms with E-state index in [1.165, 1.54) is 0 Å². The van der Waals surface area contributed by atoms with Crippen molar-refractivity contribution in [2.24, 2.45) is 0 Å². The van der Waals surface area contributed by atoms with Gasteiger partial charge in [-0.15, -0.1) is 0 Å². The first-order valence-electron chi connectivity index (χ1n) is 4.37. The van der Waals surface area contributed by atoms with Crippen LogP contribution >= 0.6 is 0 Å². The number of aromatic nitrogens is 4. The Morgan fingerprint density at radius 1 is 1.07 bits per heavy atom. The van der Waals surface area contributed by atoms with E-state index in [2.05, 4.69) is 15.1 Å². The van der Waals surface area contributed by atoms with Crippen LogP contribution in [-0.4, -0.2) is 19.6 Å². The quantitative estimate of drug-likeness (QED) is 0.626. The summed E-state index contributed by atoms with van der Waals surface area (Å²) in [6, 6.07) is 10.1. The summed E-state index contributed by atoms with van der Waals surface area (Å²) in [6.07, 6.45) is 3.45. The Labute approximate surface area is 80.2 Å². The van der Waals surface area contributed by atoms with Crippen LogP contribution in [0.4, 0.5) is 0 Å². The minimum atomic E-state index is 0.698. The Hall–Kier alpha value is -2.10. The maximum absolute atomic E-state index is 4.18. The number of nitrogens with zero attached hydrogens (tertiary/aromatic N) is 3. The second kappa shape index (κ2) is 2.70. The molecule has 1 N–H and O–H groups in total. The summed E-state index contributed by atoms with van der Waals surface area (Å²) in [5, 5.41) is 3.01. The first-order chi connectivity index (χ1) is 6.95. The van der Waals surface area contributed by atoms with Crippen LogP contribution in [0.5, 0.6) is 0 Å². The summed E-state index contributed by atoms with van der Waals surface area (Å²) in [5.74, 6) is 0.698. The van der Waals surface area contributed by atoms with Crippen LogP contribution in [-0.2, 0) is 0 Å².